The summed E-state index contributed by atoms with van der Waals surface area (Å²) in [6.07, 6.45) is -0.718. The van der Waals surface area contributed by atoms with Gasteiger partial charge in [0.15, 0.2) is 0 Å². The normalized spacial score (nSPS) is 11.4. The highest BCUT2D eigenvalue weighted by Gasteiger charge is 2.17. The number of rotatable bonds is 3. The average molecular weight is 249 g/mol. The second kappa shape index (κ2) is 4.98. The van der Waals surface area contributed by atoms with Gasteiger partial charge in [-0.15, -0.1) is 5.10 Å². The fraction of sp³-hybridized carbons (Fsp3) is 0.556. The molecular weight excluding hydrogens is 236 g/mol. The number of hydrogen-bond acceptors (Lipinski definition) is 4. The van der Waals surface area contributed by atoms with Gasteiger partial charge in [0, 0.05) is 6.07 Å². The predicted molar refractivity (Wildman–Crippen MR) is 55.1 cm³/mol. The Labute approximate surface area is 96.3 Å². The van der Waals surface area contributed by atoms with Crippen LogP contribution in [0.25, 0.3) is 0 Å². The van der Waals surface area contributed by atoms with Crippen molar-refractivity contribution >= 4 is 11.9 Å². The molecule has 0 atom stereocenters. The minimum Gasteiger partial charge on any atom is -0.444 e. The van der Waals surface area contributed by atoms with Crippen LogP contribution in [0.1, 0.15) is 20.8 Å². The van der Waals surface area contributed by atoms with Crippen molar-refractivity contribution in [2.24, 2.45) is 0 Å². The molecule has 0 unspecified atom stereocenters. The highest BCUT2D eigenvalue weighted by molar-refractivity contribution is 5.83. The van der Waals surface area contributed by atoms with Gasteiger partial charge < -0.3 is 9.47 Å². The van der Waals surface area contributed by atoms with Crippen LogP contribution in [0.15, 0.2) is 6.07 Å². The lowest BCUT2D eigenvalue weighted by Gasteiger charge is -2.19. The highest BCUT2D eigenvalue weighted by atomic mass is 19.3. The number of carbonyl (C=O) groups excluding carboxylic acids is 1. The molecule has 0 saturated heterocycles. The molecule has 0 saturated carbocycles. The average Bonchev–Trinajstić information content (AvgIpc) is 2.46. The molecule has 2 N–H and O–H groups in total. The molecule has 0 spiro atoms. The summed E-state index contributed by atoms with van der Waals surface area (Å²) < 4.78 is 32.6. The summed E-state index contributed by atoms with van der Waals surface area (Å²) in [7, 11) is 0. The number of nitrogens with zero attached hydrogens (tertiary/aromatic N) is 1. The Bertz CT molecular complexity index is 387. The topological polar surface area (TPSA) is 76.2 Å². The molecule has 96 valence electrons. The van der Waals surface area contributed by atoms with Crippen molar-refractivity contribution in [1.29, 1.82) is 0 Å². The smallest absolute Gasteiger partial charge is 0.413 e. The van der Waals surface area contributed by atoms with Crippen LogP contribution in [-0.2, 0) is 4.74 Å². The molecule has 0 aliphatic carbocycles. The van der Waals surface area contributed by atoms with Crippen molar-refractivity contribution in [3.05, 3.63) is 6.07 Å². The van der Waals surface area contributed by atoms with Gasteiger partial charge in [-0.3, -0.25) is 10.4 Å². The lowest BCUT2D eigenvalue weighted by molar-refractivity contribution is -0.0528. The third-order valence-corrected chi connectivity index (χ3v) is 1.40. The van der Waals surface area contributed by atoms with Gasteiger partial charge in [0.1, 0.15) is 11.4 Å². The number of halogens is 2. The van der Waals surface area contributed by atoms with Gasteiger partial charge in [0.25, 0.3) is 0 Å². The Kier molecular flexibility index (Phi) is 3.87. The van der Waals surface area contributed by atoms with Crippen LogP contribution in [0.3, 0.4) is 0 Å². The fourth-order valence-electron chi connectivity index (χ4n) is 0.933. The summed E-state index contributed by atoms with van der Waals surface area (Å²) in [6, 6.07) is 1.12. The maximum atomic E-state index is 11.8. The Hall–Kier alpha value is -1.86. The van der Waals surface area contributed by atoms with Crippen LogP contribution in [0.4, 0.5) is 19.4 Å². The monoisotopic (exact) mass is 249 g/mol. The van der Waals surface area contributed by atoms with Gasteiger partial charge in [-0.25, -0.2) is 4.79 Å². The molecule has 1 heterocycles. The van der Waals surface area contributed by atoms with E-state index in [2.05, 4.69) is 20.3 Å². The van der Waals surface area contributed by atoms with Crippen molar-refractivity contribution < 1.29 is 23.0 Å². The number of amides is 1. The van der Waals surface area contributed by atoms with Crippen LogP contribution in [0.5, 0.6) is 5.88 Å². The number of nitrogens with one attached hydrogen (secondary N) is 2. The van der Waals surface area contributed by atoms with Crippen molar-refractivity contribution in [1.82, 2.24) is 10.2 Å². The minimum absolute atomic E-state index is 0.106. The van der Waals surface area contributed by atoms with Crippen LogP contribution in [0, 0.1) is 0 Å². The number of anilines is 1. The zero-order valence-corrected chi connectivity index (χ0v) is 9.58. The van der Waals surface area contributed by atoms with Gasteiger partial charge in [0.2, 0.25) is 5.88 Å². The standard InChI is InChI=1S/C9H13F2N3O3/c1-9(2,3)17-8(15)12-5-4-6(14-13-5)16-7(10)11/h4,7H,1-3H3,(H2,12,13,14,15). The lowest BCUT2D eigenvalue weighted by Crippen LogP contribution is -2.27. The molecule has 1 aromatic rings. The summed E-state index contributed by atoms with van der Waals surface area (Å²) in [5.41, 5.74) is -0.646. The molecule has 0 fully saturated rings. The summed E-state index contributed by atoms with van der Waals surface area (Å²) >= 11 is 0. The highest BCUT2D eigenvalue weighted by Crippen LogP contribution is 2.16. The number of aromatic amines is 1. The molecule has 1 aromatic heterocycles. The van der Waals surface area contributed by atoms with E-state index in [9.17, 15) is 13.6 Å². The first kappa shape index (κ1) is 13.2. The Balaban J connectivity index is 2.52. The van der Waals surface area contributed by atoms with Gasteiger partial charge in [-0.2, -0.15) is 8.78 Å². The van der Waals surface area contributed by atoms with Crippen LogP contribution in [-0.4, -0.2) is 28.5 Å². The third-order valence-electron chi connectivity index (χ3n) is 1.40. The SMILES string of the molecule is CC(C)(C)OC(=O)Nc1cc(OC(F)F)n[nH]1. The molecular formula is C9H13F2N3O3. The van der Waals surface area contributed by atoms with E-state index in [-0.39, 0.29) is 11.7 Å². The summed E-state index contributed by atoms with van der Waals surface area (Å²) in [5.74, 6) is -0.207. The van der Waals surface area contributed by atoms with E-state index in [0.717, 1.165) is 6.07 Å². The van der Waals surface area contributed by atoms with Gasteiger partial charge in [-0.1, -0.05) is 0 Å². The molecule has 1 rings (SSSR count). The van der Waals surface area contributed by atoms with E-state index in [1.165, 1.54) is 0 Å². The molecule has 0 aromatic carbocycles. The van der Waals surface area contributed by atoms with Crippen molar-refractivity contribution in [3.63, 3.8) is 0 Å². The molecule has 0 radical (unpaired) electrons. The Morgan fingerprint density at radius 2 is 2.18 bits per heavy atom. The number of alkyl halides is 2. The van der Waals surface area contributed by atoms with E-state index in [0.29, 0.717) is 0 Å². The number of hydrogen-bond donors (Lipinski definition) is 2. The first-order valence-corrected chi connectivity index (χ1v) is 4.76. The van der Waals surface area contributed by atoms with E-state index in [1.807, 2.05) is 0 Å². The van der Waals surface area contributed by atoms with E-state index in [4.69, 9.17) is 4.74 Å². The van der Waals surface area contributed by atoms with Crippen molar-refractivity contribution in [2.45, 2.75) is 33.0 Å². The maximum Gasteiger partial charge on any atom is 0.413 e. The second-order valence-electron chi connectivity index (χ2n) is 4.13. The molecule has 0 aliphatic rings. The molecule has 6 nitrogen and oxygen atoms in total. The van der Waals surface area contributed by atoms with Crippen LogP contribution >= 0.6 is 0 Å². The molecule has 1 amide bonds. The van der Waals surface area contributed by atoms with E-state index >= 15 is 0 Å². The Morgan fingerprint density at radius 1 is 1.53 bits per heavy atom. The van der Waals surface area contributed by atoms with Crippen molar-refractivity contribution in [3.8, 4) is 5.88 Å². The van der Waals surface area contributed by atoms with E-state index < -0.39 is 18.3 Å². The van der Waals surface area contributed by atoms with Gasteiger partial charge >= 0.3 is 12.7 Å². The fourth-order valence-corrected chi connectivity index (χ4v) is 0.933. The predicted octanol–water partition coefficient (Wildman–Crippen LogP) is 2.36. The zero-order valence-electron chi connectivity index (χ0n) is 9.58. The first-order chi connectivity index (χ1) is 7.76. The third kappa shape index (κ3) is 5.14. The number of ether oxygens (including phenoxy) is 2. The van der Waals surface area contributed by atoms with Crippen LogP contribution in [0.2, 0.25) is 0 Å². The zero-order chi connectivity index (χ0) is 13.1. The maximum absolute atomic E-state index is 11.8. The van der Waals surface area contributed by atoms with Gasteiger partial charge in [0.05, 0.1) is 0 Å². The van der Waals surface area contributed by atoms with Crippen LogP contribution < -0.4 is 10.1 Å². The summed E-state index contributed by atoms with van der Waals surface area (Å²) in [5, 5.41) is 8.00. The minimum atomic E-state index is -2.97. The number of aromatic nitrogens is 2. The Morgan fingerprint density at radius 3 is 2.71 bits per heavy atom. The molecule has 17 heavy (non-hydrogen) atoms. The van der Waals surface area contributed by atoms with Crippen molar-refractivity contribution in [2.75, 3.05) is 5.32 Å². The molecule has 0 bridgehead atoms. The largest absolute Gasteiger partial charge is 0.444 e. The lowest BCUT2D eigenvalue weighted by atomic mass is 10.2. The number of H-pyrrole nitrogens is 1. The second-order valence-corrected chi connectivity index (χ2v) is 4.13. The quantitative estimate of drug-likeness (QED) is 0.862. The molecule has 0 aliphatic heterocycles. The van der Waals surface area contributed by atoms with Gasteiger partial charge in [-0.05, 0) is 20.8 Å². The molecule has 8 heteroatoms. The summed E-state index contributed by atoms with van der Waals surface area (Å²) in [6.45, 7) is 2.13. The first-order valence-electron chi connectivity index (χ1n) is 4.76. The number of carbonyl (C=O) groups is 1. The summed E-state index contributed by atoms with van der Waals surface area (Å²) in [4.78, 5) is 11.3. The van der Waals surface area contributed by atoms with E-state index in [1.54, 1.807) is 20.8 Å².